The number of carbonyl (C=O) groups is 1. The highest BCUT2D eigenvalue weighted by Gasteiger charge is 2.25. The van der Waals surface area contributed by atoms with Gasteiger partial charge >= 0.3 is 0 Å². The van der Waals surface area contributed by atoms with Crippen molar-refractivity contribution in [3.8, 4) is 5.75 Å². The van der Waals surface area contributed by atoms with Crippen molar-refractivity contribution >= 4 is 11.5 Å². The minimum Gasteiger partial charge on any atom is -0.545 e. The summed E-state index contributed by atoms with van der Waals surface area (Å²) in [6, 6.07) is 7.98. The molecule has 156 valence electrons. The van der Waals surface area contributed by atoms with Crippen LogP contribution in [0.5, 0.6) is 5.75 Å². The highest BCUT2D eigenvalue weighted by Crippen LogP contribution is 2.38. The van der Waals surface area contributed by atoms with E-state index in [1.165, 1.54) is 0 Å². The van der Waals surface area contributed by atoms with Gasteiger partial charge in [0, 0.05) is 6.42 Å². The van der Waals surface area contributed by atoms with Crippen LogP contribution in [0.1, 0.15) is 80.5 Å². The fraction of sp³-hybridized carbons (Fsp3) is 0.423. The zero-order valence-electron chi connectivity index (χ0n) is 19.0. The Bertz CT molecular complexity index is 967. The van der Waals surface area contributed by atoms with Gasteiger partial charge in [-0.3, -0.25) is 0 Å². The molecule has 0 heterocycles. The lowest BCUT2D eigenvalue weighted by molar-refractivity contribution is -0.295. The van der Waals surface area contributed by atoms with Crippen molar-refractivity contribution in [2.45, 2.75) is 72.6 Å². The normalized spacial score (nSPS) is 12.1. The van der Waals surface area contributed by atoms with Gasteiger partial charge in [-0.1, -0.05) is 83.5 Å². The Morgan fingerprint density at radius 3 is 1.79 bits per heavy atom. The summed E-state index contributed by atoms with van der Waals surface area (Å²) in [7, 11) is 0. The number of hydrogen-bond acceptors (Lipinski definition) is 3. The maximum atomic E-state index is 11.7. The van der Waals surface area contributed by atoms with Gasteiger partial charge in [-0.05, 0) is 58.1 Å². The predicted molar refractivity (Wildman–Crippen MR) is 118 cm³/mol. The summed E-state index contributed by atoms with van der Waals surface area (Å²) >= 11 is 0. The van der Waals surface area contributed by atoms with E-state index in [9.17, 15) is 15.0 Å². The number of phenols is 1. The zero-order chi connectivity index (χ0) is 22.3. The van der Waals surface area contributed by atoms with E-state index in [-0.39, 0.29) is 22.2 Å². The molecular formula is C26H33O3-. The third kappa shape index (κ3) is 4.90. The molecule has 0 aromatic heterocycles. The van der Waals surface area contributed by atoms with Crippen molar-refractivity contribution in [2.75, 3.05) is 0 Å². The van der Waals surface area contributed by atoms with Gasteiger partial charge in [0.25, 0.3) is 0 Å². The predicted octanol–water partition coefficient (Wildman–Crippen LogP) is 4.96. The summed E-state index contributed by atoms with van der Waals surface area (Å²) in [5.74, 6) is -1.00. The van der Waals surface area contributed by atoms with Gasteiger partial charge in [0.15, 0.2) is 0 Å². The number of hydrogen-bond donors (Lipinski definition) is 1. The highest BCUT2D eigenvalue weighted by atomic mass is 16.4. The molecule has 1 N–H and O–H groups in total. The van der Waals surface area contributed by atoms with Crippen LogP contribution in [0.2, 0.25) is 0 Å². The number of rotatable bonds is 4. The van der Waals surface area contributed by atoms with Gasteiger partial charge in [0.1, 0.15) is 5.75 Å². The minimum atomic E-state index is -1.27. The lowest BCUT2D eigenvalue weighted by atomic mass is 9.77. The zero-order valence-corrected chi connectivity index (χ0v) is 19.0. The van der Waals surface area contributed by atoms with Gasteiger partial charge in [-0.15, -0.1) is 0 Å². The largest absolute Gasteiger partial charge is 0.545 e. The Kier molecular flexibility index (Phi) is 6.04. The highest BCUT2D eigenvalue weighted by molar-refractivity contribution is 6.14. The first-order valence-corrected chi connectivity index (χ1v) is 10.0. The third-order valence-electron chi connectivity index (χ3n) is 5.24. The van der Waals surface area contributed by atoms with Gasteiger partial charge in [-0.25, -0.2) is 0 Å². The molecule has 0 aliphatic rings. The number of carboxylic acids is 1. The lowest BCUT2D eigenvalue weighted by Crippen LogP contribution is -2.26. The third-order valence-corrected chi connectivity index (χ3v) is 5.24. The van der Waals surface area contributed by atoms with Crippen molar-refractivity contribution in [1.29, 1.82) is 0 Å². The molecule has 0 aliphatic carbocycles. The molecule has 0 saturated heterocycles. The standard InChI is InChI=1S/C26H34O3/c1-15-10-18(22(17(3)24(28)29)20(12-15)25(4,5)6)14-19-11-16(2)13-21(23(19)27)26(7,8)9/h10-13,27H,3,14H2,1-2,4-9H3,(H,28,29)/p-1. The second kappa shape index (κ2) is 7.70. The van der Waals surface area contributed by atoms with E-state index in [0.29, 0.717) is 12.0 Å². The molecule has 0 bridgehead atoms. The van der Waals surface area contributed by atoms with E-state index in [0.717, 1.165) is 33.4 Å². The Balaban J connectivity index is 2.77. The second-order valence-electron chi connectivity index (χ2n) is 10.1. The summed E-state index contributed by atoms with van der Waals surface area (Å²) < 4.78 is 0. The van der Waals surface area contributed by atoms with Crippen LogP contribution in [0.3, 0.4) is 0 Å². The Labute approximate surface area is 175 Å². The van der Waals surface area contributed by atoms with Crippen molar-refractivity contribution in [3.63, 3.8) is 0 Å². The Morgan fingerprint density at radius 2 is 1.34 bits per heavy atom. The quantitative estimate of drug-likeness (QED) is 0.747. The number of carbonyl (C=O) groups excluding carboxylic acids is 1. The molecule has 0 aliphatic heterocycles. The van der Waals surface area contributed by atoms with Gasteiger partial charge in [0.2, 0.25) is 0 Å². The van der Waals surface area contributed by atoms with Crippen LogP contribution in [0.25, 0.3) is 5.57 Å². The Morgan fingerprint density at radius 1 is 0.897 bits per heavy atom. The molecule has 2 aromatic rings. The topological polar surface area (TPSA) is 60.4 Å². The molecule has 0 radical (unpaired) electrons. The molecule has 2 rings (SSSR count). The minimum absolute atomic E-state index is 0.0203. The van der Waals surface area contributed by atoms with Crippen LogP contribution in [-0.2, 0) is 22.0 Å². The molecule has 2 aromatic carbocycles. The van der Waals surface area contributed by atoms with E-state index in [1.807, 2.05) is 38.1 Å². The van der Waals surface area contributed by atoms with Crippen LogP contribution in [-0.4, -0.2) is 11.1 Å². The molecule has 3 heteroatoms. The SMILES string of the molecule is C=C(C(=O)[O-])c1c(Cc2cc(C)cc(C(C)(C)C)c2O)cc(C)cc1C(C)(C)C. The first kappa shape index (κ1) is 22.7. The molecule has 3 nitrogen and oxygen atoms in total. The van der Waals surface area contributed by atoms with Crippen LogP contribution >= 0.6 is 0 Å². The molecule has 0 fully saturated rings. The monoisotopic (exact) mass is 393 g/mol. The average molecular weight is 394 g/mol. The van der Waals surface area contributed by atoms with Crippen LogP contribution < -0.4 is 5.11 Å². The number of aromatic hydroxyl groups is 1. The first-order chi connectivity index (χ1) is 13.1. The summed E-state index contributed by atoms with van der Waals surface area (Å²) in [5.41, 5.74) is 5.66. The lowest BCUT2D eigenvalue weighted by Gasteiger charge is -2.28. The van der Waals surface area contributed by atoms with Gasteiger partial charge < -0.3 is 15.0 Å². The molecule has 0 unspecified atom stereocenters. The van der Waals surface area contributed by atoms with Crippen molar-refractivity contribution in [3.05, 3.63) is 69.8 Å². The summed E-state index contributed by atoms with van der Waals surface area (Å²) in [6.07, 6.45) is 0.420. The Hall–Kier alpha value is -2.55. The van der Waals surface area contributed by atoms with E-state index in [4.69, 9.17) is 0 Å². The number of aryl methyl sites for hydroxylation is 2. The molecule has 29 heavy (non-hydrogen) atoms. The smallest absolute Gasteiger partial charge is 0.122 e. The van der Waals surface area contributed by atoms with Crippen LogP contribution in [0, 0.1) is 13.8 Å². The molecular weight excluding hydrogens is 360 g/mol. The molecule has 0 saturated carbocycles. The average Bonchev–Trinajstić information content (AvgIpc) is 2.54. The van der Waals surface area contributed by atoms with Gasteiger partial charge in [0.05, 0.1) is 5.97 Å². The summed E-state index contributed by atoms with van der Waals surface area (Å²) in [5, 5.41) is 22.7. The van der Waals surface area contributed by atoms with Crippen molar-refractivity contribution < 1.29 is 15.0 Å². The fourth-order valence-electron chi connectivity index (χ4n) is 3.82. The van der Waals surface area contributed by atoms with E-state index >= 15 is 0 Å². The summed E-state index contributed by atoms with van der Waals surface area (Å²) in [4.78, 5) is 11.7. The molecule has 0 spiro atoms. The molecule has 0 amide bonds. The van der Waals surface area contributed by atoms with Gasteiger partial charge in [-0.2, -0.15) is 0 Å². The maximum Gasteiger partial charge on any atom is 0.122 e. The van der Waals surface area contributed by atoms with E-state index < -0.39 is 5.97 Å². The van der Waals surface area contributed by atoms with Crippen LogP contribution in [0.15, 0.2) is 30.8 Å². The van der Waals surface area contributed by atoms with E-state index in [2.05, 4.69) is 48.1 Å². The maximum absolute atomic E-state index is 11.7. The number of carboxylic acid groups (broad SMARTS) is 1. The second-order valence-corrected chi connectivity index (χ2v) is 10.1. The first-order valence-electron chi connectivity index (χ1n) is 10.0. The fourth-order valence-corrected chi connectivity index (χ4v) is 3.82. The number of benzene rings is 2. The summed E-state index contributed by atoms with van der Waals surface area (Å²) in [6.45, 7) is 20.2. The van der Waals surface area contributed by atoms with E-state index in [1.54, 1.807) is 0 Å². The van der Waals surface area contributed by atoms with Crippen molar-refractivity contribution in [2.24, 2.45) is 0 Å². The molecule has 0 atom stereocenters. The number of aliphatic carboxylic acids is 1. The van der Waals surface area contributed by atoms with Crippen molar-refractivity contribution in [1.82, 2.24) is 0 Å². The number of phenolic OH excluding ortho intramolecular Hbond substituents is 1. The van der Waals surface area contributed by atoms with Crippen LogP contribution in [0.4, 0.5) is 0 Å².